The number of aromatic hydroxyl groups is 1. The molecule has 0 saturated carbocycles. The van der Waals surface area contributed by atoms with Crippen molar-refractivity contribution in [1.29, 1.82) is 0 Å². The van der Waals surface area contributed by atoms with Crippen LogP contribution in [0.15, 0.2) is 57.6 Å². The van der Waals surface area contributed by atoms with E-state index in [2.05, 4.69) is 15.5 Å². The summed E-state index contributed by atoms with van der Waals surface area (Å²) < 4.78 is 30.6. The van der Waals surface area contributed by atoms with Crippen molar-refractivity contribution in [2.45, 2.75) is 4.90 Å². The Kier molecular flexibility index (Phi) is 7.14. The first kappa shape index (κ1) is 25.4. The molecule has 1 fully saturated rings. The Balaban J connectivity index is 1.84. The highest BCUT2D eigenvalue weighted by Crippen LogP contribution is 2.41. The van der Waals surface area contributed by atoms with Gasteiger partial charge in [0.15, 0.2) is 9.84 Å². The molecule has 0 radical (unpaired) electrons. The van der Waals surface area contributed by atoms with Crippen molar-refractivity contribution in [3.05, 3.63) is 48.0 Å². The van der Waals surface area contributed by atoms with E-state index in [0.717, 1.165) is 0 Å². The number of azo groups is 1. The summed E-state index contributed by atoms with van der Waals surface area (Å²) in [4.78, 5) is 16.2. The number of amides is 1. The van der Waals surface area contributed by atoms with E-state index in [9.17, 15) is 18.3 Å². The number of nitrogens with zero attached hydrogens (tertiary/aromatic N) is 4. The zero-order valence-electron chi connectivity index (χ0n) is 20.6. The lowest BCUT2D eigenvalue weighted by Crippen LogP contribution is -2.36. The third kappa shape index (κ3) is 4.98. The monoisotopic (exact) mass is 511 g/mol. The number of ether oxygens (including phenoxy) is 1. The van der Waals surface area contributed by atoms with Gasteiger partial charge in [0.25, 0.3) is 5.91 Å². The van der Waals surface area contributed by atoms with Crippen molar-refractivity contribution in [3.8, 4) is 5.75 Å². The first-order chi connectivity index (χ1) is 17.1. The second-order valence-corrected chi connectivity index (χ2v) is 10.7. The van der Waals surface area contributed by atoms with Crippen LogP contribution in [0.3, 0.4) is 0 Å². The number of phenols is 1. The topological polar surface area (TPSA) is 124 Å². The minimum absolute atomic E-state index is 0.0918. The lowest BCUT2D eigenvalue weighted by molar-refractivity contribution is 0.0825. The smallest absolute Gasteiger partial charge is 0.257 e. The standard InChI is InChI=1S/C25H29N5O5S/c1-26-19-7-5-6-17-23(19)20(15-18(24(17)31)25(32)29(2)3)28-27-16-8-9-21(22(14-16)36(4,33)34)30-10-12-35-13-11-30/h5-9,14-15,26,31H,10-13H2,1-4H3. The van der Waals surface area contributed by atoms with Crippen LogP contribution in [0.4, 0.5) is 22.7 Å². The van der Waals surface area contributed by atoms with E-state index in [-0.39, 0.29) is 22.1 Å². The van der Waals surface area contributed by atoms with Gasteiger partial charge in [-0.2, -0.15) is 5.11 Å². The maximum absolute atomic E-state index is 12.7. The van der Waals surface area contributed by atoms with Crippen LogP contribution in [0.25, 0.3) is 10.8 Å². The Morgan fingerprint density at radius 2 is 1.83 bits per heavy atom. The fourth-order valence-electron chi connectivity index (χ4n) is 4.18. The average Bonchev–Trinajstić information content (AvgIpc) is 2.87. The zero-order valence-corrected chi connectivity index (χ0v) is 21.5. The van der Waals surface area contributed by atoms with E-state index in [1.807, 2.05) is 11.0 Å². The van der Waals surface area contributed by atoms with Crippen LogP contribution in [0.2, 0.25) is 0 Å². The molecule has 3 aromatic carbocycles. The Morgan fingerprint density at radius 1 is 1.11 bits per heavy atom. The molecule has 10 nitrogen and oxygen atoms in total. The molecule has 4 rings (SSSR count). The molecule has 0 aliphatic carbocycles. The Labute approximate surface area is 210 Å². The van der Waals surface area contributed by atoms with E-state index < -0.39 is 9.84 Å². The molecule has 0 atom stereocenters. The Bertz CT molecular complexity index is 1450. The number of carbonyl (C=O) groups is 1. The number of hydrogen-bond acceptors (Lipinski definition) is 9. The van der Waals surface area contributed by atoms with E-state index in [4.69, 9.17) is 4.74 Å². The number of carbonyl (C=O) groups excluding carboxylic acids is 1. The predicted octanol–water partition coefficient (Wildman–Crippen LogP) is 3.94. The third-order valence-corrected chi connectivity index (χ3v) is 7.11. The highest BCUT2D eigenvalue weighted by Gasteiger charge is 2.22. The van der Waals surface area contributed by atoms with Crippen molar-refractivity contribution >= 4 is 49.3 Å². The SMILES string of the molecule is CNc1cccc2c(O)c(C(=O)N(C)C)cc(N=Nc3ccc(N4CCOCC4)c(S(C)(=O)=O)c3)c12. The largest absolute Gasteiger partial charge is 0.506 e. The zero-order chi connectivity index (χ0) is 26.0. The van der Waals surface area contributed by atoms with E-state index in [0.29, 0.717) is 59.8 Å². The lowest BCUT2D eigenvalue weighted by atomic mass is 10.0. The number of nitrogens with one attached hydrogen (secondary N) is 1. The number of hydrogen-bond donors (Lipinski definition) is 2. The number of phenolic OH excluding ortho intramolecular Hbond substituents is 1. The van der Waals surface area contributed by atoms with Crippen molar-refractivity contribution < 1.29 is 23.1 Å². The van der Waals surface area contributed by atoms with Crippen LogP contribution in [-0.4, -0.2) is 78.0 Å². The summed E-state index contributed by atoms with van der Waals surface area (Å²) in [6.45, 7) is 2.25. The quantitative estimate of drug-likeness (QED) is 0.480. The van der Waals surface area contributed by atoms with Gasteiger partial charge in [-0.25, -0.2) is 8.42 Å². The van der Waals surface area contributed by atoms with Gasteiger partial charge >= 0.3 is 0 Å². The molecule has 3 aromatic rings. The summed E-state index contributed by atoms with van der Waals surface area (Å²) in [6, 6.07) is 11.7. The lowest BCUT2D eigenvalue weighted by Gasteiger charge is -2.30. The molecule has 1 aliphatic heterocycles. The Hall–Kier alpha value is -3.70. The van der Waals surface area contributed by atoms with Gasteiger partial charge in [0.2, 0.25) is 0 Å². The maximum Gasteiger partial charge on any atom is 0.257 e. The van der Waals surface area contributed by atoms with Gasteiger partial charge < -0.3 is 25.0 Å². The number of morpholine rings is 1. The predicted molar refractivity (Wildman–Crippen MR) is 140 cm³/mol. The minimum Gasteiger partial charge on any atom is -0.506 e. The molecular formula is C25H29N5O5S. The molecule has 0 aromatic heterocycles. The molecule has 1 saturated heterocycles. The van der Waals surface area contributed by atoms with Crippen LogP contribution in [-0.2, 0) is 14.6 Å². The van der Waals surface area contributed by atoms with Crippen LogP contribution in [0.1, 0.15) is 10.4 Å². The highest BCUT2D eigenvalue weighted by molar-refractivity contribution is 7.90. The van der Waals surface area contributed by atoms with Crippen LogP contribution in [0.5, 0.6) is 5.75 Å². The average molecular weight is 512 g/mol. The number of rotatable bonds is 6. The summed E-state index contributed by atoms with van der Waals surface area (Å²) in [5, 5.41) is 23.7. The van der Waals surface area contributed by atoms with Crippen molar-refractivity contribution in [2.75, 3.05) is 63.9 Å². The minimum atomic E-state index is -3.54. The van der Waals surface area contributed by atoms with Crippen LogP contribution >= 0.6 is 0 Å². The van der Waals surface area contributed by atoms with Gasteiger partial charge in [0.1, 0.15) is 5.75 Å². The summed E-state index contributed by atoms with van der Waals surface area (Å²) in [5.74, 6) is -0.524. The number of anilines is 2. The van der Waals surface area contributed by atoms with Crippen molar-refractivity contribution in [3.63, 3.8) is 0 Å². The van der Waals surface area contributed by atoms with E-state index in [1.165, 1.54) is 23.3 Å². The van der Waals surface area contributed by atoms with Crippen molar-refractivity contribution in [2.24, 2.45) is 10.2 Å². The second kappa shape index (κ2) is 10.1. The molecule has 190 valence electrons. The maximum atomic E-state index is 12.7. The Morgan fingerprint density at radius 3 is 2.47 bits per heavy atom. The first-order valence-electron chi connectivity index (χ1n) is 11.4. The highest BCUT2D eigenvalue weighted by atomic mass is 32.2. The second-order valence-electron chi connectivity index (χ2n) is 8.69. The number of benzene rings is 3. The molecule has 0 bridgehead atoms. The van der Waals surface area contributed by atoms with E-state index in [1.54, 1.807) is 45.4 Å². The molecule has 11 heteroatoms. The molecule has 1 amide bonds. The van der Waals surface area contributed by atoms with Gasteiger partial charge in [-0.15, -0.1) is 5.11 Å². The van der Waals surface area contributed by atoms with Gasteiger partial charge in [-0.1, -0.05) is 12.1 Å². The number of fused-ring (bicyclic) bond motifs is 1. The molecular weight excluding hydrogens is 482 g/mol. The molecule has 0 unspecified atom stereocenters. The molecule has 1 aliphatic rings. The van der Waals surface area contributed by atoms with Gasteiger partial charge in [-0.3, -0.25) is 4.79 Å². The number of sulfone groups is 1. The van der Waals surface area contributed by atoms with Crippen molar-refractivity contribution in [1.82, 2.24) is 4.90 Å². The molecule has 1 heterocycles. The summed E-state index contributed by atoms with van der Waals surface area (Å²) >= 11 is 0. The fraction of sp³-hybridized carbons (Fsp3) is 0.320. The third-order valence-electron chi connectivity index (χ3n) is 5.99. The van der Waals surface area contributed by atoms with Gasteiger partial charge in [0, 0.05) is 56.9 Å². The van der Waals surface area contributed by atoms with Crippen LogP contribution < -0.4 is 10.2 Å². The normalized spacial score (nSPS) is 14.4. The molecule has 0 spiro atoms. The fourth-order valence-corrected chi connectivity index (χ4v) is 5.09. The van der Waals surface area contributed by atoms with E-state index >= 15 is 0 Å². The van der Waals surface area contributed by atoms with Gasteiger partial charge in [0.05, 0.1) is 40.7 Å². The van der Waals surface area contributed by atoms with Crippen LogP contribution in [0, 0.1) is 0 Å². The summed E-state index contributed by atoms with van der Waals surface area (Å²) in [6.07, 6.45) is 1.17. The summed E-state index contributed by atoms with van der Waals surface area (Å²) in [7, 11) is 1.39. The molecule has 2 N–H and O–H groups in total. The molecule has 36 heavy (non-hydrogen) atoms. The summed E-state index contributed by atoms with van der Waals surface area (Å²) in [5.41, 5.74) is 2.09. The first-order valence-corrected chi connectivity index (χ1v) is 13.3. The van der Waals surface area contributed by atoms with Gasteiger partial charge in [-0.05, 0) is 30.3 Å².